The molecule has 0 saturated carbocycles. The monoisotopic (exact) mass is 316 g/mol. The Bertz CT molecular complexity index is 504. The van der Waals surface area contributed by atoms with Gasteiger partial charge in [0.25, 0.3) is 0 Å². The van der Waals surface area contributed by atoms with E-state index in [9.17, 15) is 14.4 Å². The van der Waals surface area contributed by atoms with Crippen molar-refractivity contribution >= 4 is 41.9 Å². The van der Waals surface area contributed by atoms with Crippen molar-refractivity contribution in [3.05, 3.63) is 12.7 Å². The van der Waals surface area contributed by atoms with Gasteiger partial charge in [0.2, 0.25) is 17.8 Å². The number of halogens is 1. The van der Waals surface area contributed by atoms with Gasteiger partial charge in [0.15, 0.2) is 0 Å². The molecule has 1 saturated heterocycles. The number of hydrogen-bond acceptors (Lipinski definition) is 5. The molecule has 4 amide bonds. The van der Waals surface area contributed by atoms with Gasteiger partial charge in [0, 0.05) is 12.1 Å². The van der Waals surface area contributed by atoms with Gasteiger partial charge >= 0.3 is 6.03 Å². The molecule has 0 aromatic carbocycles. The fourth-order valence-electron chi connectivity index (χ4n) is 1.86. The number of amides is 4. The molecule has 0 aromatic rings. The third-order valence-electron chi connectivity index (χ3n) is 2.71. The van der Waals surface area contributed by atoms with Crippen LogP contribution in [0.2, 0.25) is 0 Å². The summed E-state index contributed by atoms with van der Waals surface area (Å²) in [5.41, 5.74) is 9.16. The fourth-order valence-corrected chi connectivity index (χ4v) is 1.86. The molecule has 1 fully saturated rings. The molecule has 0 bridgehead atoms. The van der Waals surface area contributed by atoms with Gasteiger partial charge in [-0.05, 0) is 13.3 Å². The second-order valence-corrected chi connectivity index (χ2v) is 4.35. The molecule has 0 aliphatic carbocycles. The number of imide groups is 2. The van der Waals surface area contributed by atoms with Crippen LogP contribution in [0.15, 0.2) is 22.9 Å². The van der Waals surface area contributed by atoms with E-state index in [0.717, 1.165) is 0 Å². The van der Waals surface area contributed by atoms with E-state index in [2.05, 4.69) is 27.4 Å². The van der Waals surface area contributed by atoms with E-state index in [1.54, 1.807) is 6.92 Å². The van der Waals surface area contributed by atoms with Crippen molar-refractivity contribution in [2.75, 3.05) is 0 Å². The molecule has 21 heavy (non-hydrogen) atoms. The number of allylic oxidation sites excluding steroid dienone is 1. The van der Waals surface area contributed by atoms with E-state index in [1.807, 2.05) is 0 Å². The zero-order valence-electron chi connectivity index (χ0n) is 11.4. The summed E-state index contributed by atoms with van der Waals surface area (Å²) in [6.07, 6.45) is 1.43. The number of carbonyl (C=O) groups excluding carboxylic acids is 3. The first-order valence-electron chi connectivity index (χ1n) is 5.71. The lowest BCUT2D eigenvalue weighted by molar-refractivity contribution is -0.143. The molecule has 1 aliphatic rings. The van der Waals surface area contributed by atoms with E-state index in [1.165, 1.54) is 6.08 Å². The summed E-state index contributed by atoms with van der Waals surface area (Å²) in [5.74, 6) is -1.65. The maximum absolute atomic E-state index is 12.0. The second-order valence-electron chi connectivity index (χ2n) is 4.35. The summed E-state index contributed by atoms with van der Waals surface area (Å²) in [6.45, 7) is 5.08. The average molecular weight is 317 g/mol. The quantitative estimate of drug-likeness (QED) is 0.175. The van der Waals surface area contributed by atoms with Gasteiger partial charge < -0.3 is 11.5 Å². The lowest BCUT2D eigenvalue weighted by Crippen LogP contribution is -2.62. The molecule has 9 nitrogen and oxygen atoms in total. The number of barbiturate groups is 1. The van der Waals surface area contributed by atoms with Crippen molar-refractivity contribution in [3.8, 4) is 0 Å². The van der Waals surface area contributed by atoms with Crippen LogP contribution in [0.3, 0.4) is 0 Å². The summed E-state index contributed by atoms with van der Waals surface area (Å²) < 4.78 is 0. The molecular formula is C11H17ClN6O3. The van der Waals surface area contributed by atoms with Crippen LogP contribution in [0.25, 0.3) is 0 Å². The lowest BCUT2D eigenvalue weighted by atomic mass is 9.76. The Hall–Kier alpha value is -2.42. The zero-order valence-corrected chi connectivity index (χ0v) is 12.2. The Morgan fingerprint density at radius 3 is 2.19 bits per heavy atom. The molecular weight excluding hydrogens is 300 g/mol. The fraction of sp³-hybridized carbons (Fsp3) is 0.364. The highest BCUT2D eigenvalue weighted by molar-refractivity contribution is 6.20. The molecule has 6 N–H and O–H groups in total. The number of urea groups is 1. The Morgan fingerprint density at radius 2 is 1.76 bits per heavy atom. The van der Waals surface area contributed by atoms with Gasteiger partial charge in [0.05, 0.1) is 0 Å². The summed E-state index contributed by atoms with van der Waals surface area (Å²) >= 11 is 0. The Kier molecular flexibility index (Phi) is 6.53. The van der Waals surface area contributed by atoms with Gasteiger partial charge in [-0.15, -0.1) is 24.1 Å². The highest BCUT2D eigenvalue weighted by Gasteiger charge is 2.49. The van der Waals surface area contributed by atoms with Gasteiger partial charge in [-0.3, -0.25) is 20.2 Å². The van der Waals surface area contributed by atoms with E-state index in [0.29, 0.717) is 5.71 Å². The van der Waals surface area contributed by atoms with Gasteiger partial charge in [-0.1, -0.05) is 6.08 Å². The van der Waals surface area contributed by atoms with Crippen LogP contribution in [0.5, 0.6) is 0 Å². The highest BCUT2D eigenvalue weighted by atomic mass is 35.5. The lowest BCUT2D eigenvalue weighted by Gasteiger charge is -2.32. The van der Waals surface area contributed by atoms with Crippen LogP contribution in [-0.2, 0) is 9.59 Å². The molecule has 0 radical (unpaired) electrons. The van der Waals surface area contributed by atoms with E-state index >= 15 is 0 Å². The smallest absolute Gasteiger partial charge is 0.328 e. The second kappa shape index (κ2) is 7.39. The number of nitrogens with two attached hydrogens (primary N) is 2. The topological polar surface area (TPSA) is 152 Å². The average Bonchev–Trinajstić information content (AvgIpc) is 2.33. The van der Waals surface area contributed by atoms with E-state index in [-0.39, 0.29) is 31.2 Å². The van der Waals surface area contributed by atoms with Crippen LogP contribution in [-0.4, -0.2) is 29.5 Å². The van der Waals surface area contributed by atoms with Gasteiger partial charge in [0.1, 0.15) is 5.41 Å². The van der Waals surface area contributed by atoms with Crippen LogP contribution < -0.4 is 22.1 Å². The molecule has 0 spiro atoms. The first-order valence-corrected chi connectivity index (χ1v) is 5.71. The number of rotatable bonds is 5. The largest absolute Gasteiger partial charge is 0.369 e. The highest BCUT2D eigenvalue weighted by Crippen LogP contribution is 2.30. The third kappa shape index (κ3) is 4.28. The van der Waals surface area contributed by atoms with Crippen molar-refractivity contribution in [2.45, 2.75) is 19.8 Å². The van der Waals surface area contributed by atoms with Crippen LogP contribution in [0, 0.1) is 5.41 Å². The Balaban J connectivity index is 0.00000400. The van der Waals surface area contributed by atoms with Crippen molar-refractivity contribution in [2.24, 2.45) is 27.1 Å². The van der Waals surface area contributed by atoms with Crippen LogP contribution in [0.1, 0.15) is 19.8 Å². The molecule has 116 valence electrons. The van der Waals surface area contributed by atoms with E-state index in [4.69, 9.17) is 11.5 Å². The minimum atomic E-state index is -1.48. The molecule has 1 aliphatic heterocycles. The van der Waals surface area contributed by atoms with Crippen molar-refractivity contribution in [1.29, 1.82) is 0 Å². The molecule has 0 unspecified atom stereocenters. The number of nitrogens with zero attached hydrogens (tertiary/aromatic N) is 2. The van der Waals surface area contributed by atoms with Crippen molar-refractivity contribution < 1.29 is 14.4 Å². The first kappa shape index (κ1) is 18.6. The summed E-state index contributed by atoms with van der Waals surface area (Å²) in [5, 5.41) is 11.3. The number of guanidine groups is 1. The maximum Gasteiger partial charge on any atom is 0.328 e. The number of hydrogen-bond donors (Lipinski definition) is 4. The van der Waals surface area contributed by atoms with Gasteiger partial charge in [-0.2, -0.15) is 5.10 Å². The molecule has 0 aromatic heterocycles. The standard InChI is InChI=1S/C11H16N6O3.ClH/c1-3-4-11(5-6(2)16-17-9(12)13)7(18)14-10(20)15-8(11)19;/h3H,1,4-5H2,2H3,(H4,12,13,17)(H2,14,15,18,19,20);1H/b16-6+;. The van der Waals surface area contributed by atoms with Crippen molar-refractivity contribution in [3.63, 3.8) is 0 Å². The van der Waals surface area contributed by atoms with Gasteiger partial charge in [-0.25, -0.2) is 4.79 Å². The summed E-state index contributed by atoms with van der Waals surface area (Å²) in [4.78, 5) is 35.1. The minimum Gasteiger partial charge on any atom is -0.369 e. The minimum absolute atomic E-state index is 0. The van der Waals surface area contributed by atoms with Crippen molar-refractivity contribution in [1.82, 2.24) is 10.6 Å². The zero-order chi connectivity index (χ0) is 15.3. The Labute approximate surface area is 127 Å². The normalized spacial score (nSPS) is 17.2. The number of nitrogens with one attached hydrogen (secondary N) is 2. The molecule has 1 rings (SSSR count). The van der Waals surface area contributed by atoms with Crippen LogP contribution >= 0.6 is 12.4 Å². The molecule has 1 heterocycles. The Morgan fingerprint density at radius 1 is 1.24 bits per heavy atom. The third-order valence-corrected chi connectivity index (χ3v) is 2.71. The predicted octanol–water partition coefficient (Wildman–Crippen LogP) is -0.624. The maximum atomic E-state index is 12.0. The molecule has 0 atom stereocenters. The first-order chi connectivity index (χ1) is 9.31. The summed E-state index contributed by atoms with van der Waals surface area (Å²) in [7, 11) is 0. The molecule has 10 heteroatoms. The van der Waals surface area contributed by atoms with E-state index < -0.39 is 23.3 Å². The number of carbonyl (C=O) groups is 3. The predicted molar refractivity (Wildman–Crippen MR) is 79.7 cm³/mol. The SMILES string of the molecule is C=CCC1(C/C(C)=N/N=C(N)N)C(=O)NC(=O)NC1=O.Cl. The summed E-state index contributed by atoms with van der Waals surface area (Å²) in [6, 6.07) is -0.849. The van der Waals surface area contributed by atoms with Crippen LogP contribution in [0.4, 0.5) is 4.79 Å².